The maximum absolute atomic E-state index is 14.3. The zero-order valence-corrected chi connectivity index (χ0v) is 12.6. The van der Waals surface area contributed by atoms with Crippen LogP contribution in [0.1, 0.15) is 41.8 Å². The first-order chi connectivity index (χ1) is 10.0. The summed E-state index contributed by atoms with van der Waals surface area (Å²) in [5.74, 6) is -1.57. The van der Waals surface area contributed by atoms with Crippen molar-refractivity contribution in [1.82, 2.24) is 10.3 Å². The molecule has 1 aromatic carbocycles. The van der Waals surface area contributed by atoms with Crippen LogP contribution in [0.25, 0.3) is 0 Å². The van der Waals surface area contributed by atoms with Gasteiger partial charge >= 0.3 is 0 Å². The van der Waals surface area contributed by atoms with Crippen molar-refractivity contribution < 1.29 is 8.78 Å². The minimum absolute atomic E-state index is 0.313. The zero-order chi connectivity index (χ0) is 15.4. The van der Waals surface area contributed by atoms with Crippen LogP contribution in [0.4, 0.5) is 8.78 Å². The number of hydrogen-bond acceptors (Lipinski definition) is 2. The third-order valence-corrected chi connectivity index (χ3v) is 3.48. The molecule has 1 atom stereocenters. The van der Waals surface area contributed by atoms with Crippen molar-refractivity contribution in [2.75, 3.05) is 6.54 Å². The molecule has 0 saturated carbocycles. The van der Waals surface area contributed by atoms with E-state index in [1.807, 2.05) is 26.0 Å². The van der Waals surface area contributed by atoms with Gasteiger partial charge < -0.3 is 5.32 Å². The first-order valence-corrected chi connectivity index (χ1v) is 7.15. The molecule has 21 heavy (non-hydrogen) atoms. The fraction of sp³-hybridized carbons (Fsp3) is 0.353. The van der Waals surface area contributed by atoms with Gasteiger partial charge in [-0.05, 0) is 44.0 Å². The van der Waals surface area contributed by atoms with E-state index in [1.165, 1.54) is 0 Å². The molecule has 1 N–H and O–H groups in total. The highest BCUT2D eigenvalue weighted by atomic mass is 19.2. The summed E-state index contributed by atoms with van der Waals surface area (Å²) in [6.07, 6.45) is 2.62. The molecule has 1 unspecified atom stereocenters. The Morgan fingerprint density at radius 1 is 1.10 bits per heavy atom. The normalized spacial score (nSPS) is 12.4. The van der Waals surface area contributed by atoms with Crippen LogP contribution in [0.2, 0.25) is 0 Å². The molecule has 2 rings (SSSR count). The molecule has 0 aliphatic carbocycles. The van der Waals surface area contributed by atoms with Crippen molar-refractivity contribution in [3.63, 3.8) is 0 Å². The molecule has 0 aliphatic rings. The SMILES string of the molecule is CCCNC(c1ccc(C)nc1)c1ccc(C)c(F)c1F. The van der Waals surface area contributed by atoms with Crippen LogP contribution in [0, 0.1) is 25.5 Å². The predicted molar refractivity (Wildman–Crippen MR) is 80.2 cm³/mol. The fourth-order valence-corrected chi connectivity index (χ4v) is 2.23. The Morgan fingerprint density at radius 3 is 2.48 bits per heavy atom. The molecule has 0 bridgehead atoms. The molecule has 2 aromatic rings. The van der Waals surface area contributed by atoms with Gasteiger partial charge in [0.1, 0.15) is 0 Å². The standard InChI is InChI=1S/C17H20F2N2/c1-4-9-20-17(13-7-6-12(3)21-10-13)14-8-5-11(2)15(18)16(14)19/h5-8,10,17,20H,4,9H2,1-3H3. The highest BCUT2D eigenvalue weighted by Crippen LogP contribution is 2.27. The number of aryl methyl sites for hydroxylation is 2. The van der Waals surface area contributed by atoms with Crippen molar-refractivity contribution in [3.8, 4) is 0 Å². The van der Waals surface area contributed by atoms with E-state index in [2.05, 4.69) is 10.3 Å². The Morgan fingerprint density at radius 2 is 1.86 bits per heavy atom. The van der Waals surface area contributed by atoms with E-state index in [-0.39, 0.29) is 0 Å². The first kappa shape index (κ1) is 15.6. The molecule has 0 saturated heterocycles. The Kier molecular flexibility index (Phi) is 5.02. The van der Waals surface area contributed by atoms with E-state index in [0.717, 1.165) is 17.7 Å². The van der Waals surface area contributed by atoms with Crippen molar-refractivity contribution in [2.24, 2.45) is 0 Å². The Bertz CT molecular complexity index is 609. The summed E-state index contributed by atoms with van der Waals surface area (Å²) in [7, 11) is 0. The lowest BCUT2D eigenvalue weighted by atomic mass is 9.97. The van der Waals surface area contributed by atoms with Gasteiger partial charge in [0.25, 0.3) is 0 Å². The lowest BCUT2D eigenvalue weighted by molar-refractivity contribution is 0.476. The molecule has 0 spiro atoms. The topological polar surface area (TPSA) is 24.9 Å². The van der Waals surface area contributed by atoms with Gasteiger partial charge in [-0.15, -0.1) is 0 Å². The summed E-state index contributed by atoms with van der Waals surface area (Å²) in [5, 5.41) is 3.26. The maximum Gasteiger partial charge on any atom is 0.164 e. The van der Waals surface area contributed by atoms with Gasteiger partial charge in [0, 0.05) is 17.5 Å². The van der Waals surface area contributed by atoms with Gasteiger partial charge in [-0.25, -0.2) is 8.78 Å². The summed E-state index contributed by atoms with van der Waals surface area (Å²) >= 11 is 0. The molecule has 112 valence electrons. The summed E-state index contributed by atoms with van der Waals surface area (Å²) < 4.78 is 28.1. The predicted octanol–water partition coefficient (Wildman–Crippen LogP) is 4.07. The van der Waals surface area contributed by atoms with Crippen LogP contribution >= 0.6 is 0 Å². The highest BCUT2D eigenvalue weighted by Gasteiger charge is 2.21. The highest BCUT2D eigenvalue weighted by molar-refractivity contribution is 5.34. The zero-order valence-electron chi connectivity index (χ0n) is 12.6. The van der Waals surface area contributed by atoms with Crippen LogP contribution in [-0.4, -0.2) is 11.5 Å². The van der Waals surface area contributed by atoms with Crippen molar-refractivity contribution in [2.45, 2.75) is 33.2 Å². The lowest BCUT2D eigenvalue weighted by Crippen LogP contribution is -2.24. The molecular formula is C17H20F2N2. The summed E-state index contributed by atoms with van der Waals surface area (Å²) in [6, 6.07) is 6.62. The smallest absolute Gasteiger partial charge is 0.164 e. The Labute approximate surface area is 124 Å². The van der Waals surface area contributed by atoms with E-state index in [9.17, 15) is 8.78 Å². The van der Waals surface area contributed by atoms with Crippen LogP contribution in [-0.2, 0) is 0 Å². The van der Waals surface area contributed by atoms with Gasteiger partial charge in [0.15, 0.2) is 11.6 Å². The maximum atomic E-state index is 14.3. The Balaban J connectivity index is 2.45. The minimum atomic E-state index is -0.788. The molecule has 0 fully saturated rings. The van der Waals surface area contributed by atoms with E-state index in [0.29, 0.717) is 17.7 Å². The summed E-state index contributed by atoms with van der Waals surface area (Å²) in [4.78, 5) is 4.25. The van der Waals surface area contributed by atoms with Gasteiger partial charge in [-0.1, -0.05) is 25.1 Å². The van der Waals surface area contributed by atoms with E-state index >= 15 is 0 Å². The number of nitrogens with one attached hydrogen (secondary N) is 1. The van der Waals surface area contributed by atoms with E-state index < -0.39 is 17.7 Å². The fourth-order valence-electron chi connectivity index (χ4n) is 2.23. The molecule has 0 amide bonds. The van der Waals surface area contributed by atoms with Crippen molar-refractivity contribution >= 4 is 0 Å². The third kappa shape index (κ3) is 3.45. The molecule has 1 heterocycles. The van der Waals surface area contributed by atoms with Crippen molar-refractivity contribution in [3.05, 3.63) is 64.5 Å². The van der Waals surface area contributed by atoms with Crippen molar-refractivity contribution in [1.29, 1.82) is 0 Å². The first-order valence-electron chi connectivity index (χ1n) is 7.15. The van der Waals surface area contributed by atoms with Gasteiger partial charge in [0.05, 0.1) is 6.04 Å². The van der Waals surface area contributed by atoms with Crippen LogP contribution in [0.15, 0.2) is 30.5 Å². The summed E-state index contributed by atoms with van der Waals surface area (Å²) in [6.45, 7) is 6.20. The van der Waals surface area contributed by atoms with Gasteiger partial charge in [0.2, 0.25) is 0 Å². The average molecular weight is 290 g/mol. The second-order valence-electron chi connectivity index (χ2n) is 5.22. The molecule has 0 radical (unpaired) electrons. The molecule has 2 nitrogen and oxygen atoms in total. The minimum Gasteiger partial charge on any atom is -0.306 e. The quantitative estimate of drug-likeness (QED) is 0.898. The number of rotatable bonds is 5. The number of nitrogens with zero attached hydrogens (tertiary/aromatic N) is 1. The van der Waals surface area contributed by atoms with E-state index in [1.54, 1.807) is 25.3 Å². The average Bonchev–Trinajstić information content (AvgIpc) is 2.48. The van der Waals surface area contributed by atoms with Gasteiger partial charge in [-0.3, -0.25) is 4.98 Å². The molecule has 4 heteroatoms. The third-order valence-electron chi connectivity index (χ3n) is 3.48. The van der Waals surface area contributed by atoms with E-state index in [4.69, 9.17) is 0 Å². The van der Waals surface area contributed by atoms with Crippen LogP contribution < -0.4 is 5.32 Å². The number of halogens is 2. The number of benzene rings is 1. The molecular weight excluding hydrogens is 270 g/mol. The number of pyridine rings is 1. The number of hydrogen-bond donors (Lipinski definition) is 1. The number of aromatic nitrogens is 1. The Hall–Kier alpha value is -1.81. The second kappa shape index (κ2) is 6.76. The van der Waals surface area contributed by atoms with Crippen LogP contribution in [0.5, 0.6) is 0 Å². The second-order valence-corrected chi connectivity index (χ2v) is 5.22. The van der Waals surface area contributed by atoms with Gasteiger partial charge in [-0.2, -0.15) is 0 Å². The van der Waals surface area contributed by atoms with Crippen LogP contribution in [0.3, 0.4) is 0 Å². The molecule has 1 aromatic heterocycles. The summed E-state index contributed by atoms with van der Waals surface area (Å²) in [5.41, 5.74) is 2.35. The lowest BCUT2D eigenvalue weighted by Gasteiger charge is -2.20. The molecule has 0 aliphatic heterocycles. The largest absolute Gasteiger partial charge is 0.306 e. The monoisotopic (exact) mass is 290 g/mol.